The monoisotopic (exact) mass is 428 g/mol. The molecule has 0 aliphatic rings. The van der Waals surface area contributed by atoms with Crippen LogP contribution in [0.5, 0.6) is 0 Å². The van der Waals surface area contributed by atoms with E-state index in [1.807, 2.05) is 13.8 Å². The van der Waals surface area contributed by atoms with E-state index in [2.05, 4.69) is 0 Å². The van der Waals surface area contributed by atoms with Gasteiger partial charge in [0.2, 0.25) is 5.82 Å². The van der Waals surface area contributed by atoms with Gasteiger partial charge >= 0.3 is 0 Å². The molecule has 1 aromatic rings. The average molecular weight is 429 g/mol. The van der Waals surface area contributed by atoms with Crippen molar-refractivity contribution in [2.24, 2.45) is 0 Å². The Morgan fingerprint density at radius 2 is 1.14 bits per heavy atom. The second kappa shape index (κ2) is 14.0. The quantitative estimate of drug-likeness (QED) is 0.0967. The number of hydrogen-bond acceptors (Lipinski definition) is 3. The SMILES string of the molecule is CCOC(OCC)O[SiH2]CCCCCCCCc1c(F)c(F)c(F)c(F)c1F. The molecular formula is C19H29F5O3Si. The lowest BCUT2D eigenvalue weighted by Gasteiger charge is -2.17. The molecule has 0 aliphatic carbocycles. The molecule has 0 bridgehead atoms. The van der Waals surface area contributed by atoms with Crippen molar-refractivity contribution in [1.82, 2.24) is 0 Å². The van der Waals surface area contributed by atoms with E-state index < -0.39 is 50.9 Å². The largest absolute Gasteiger partial charge is 0.379 e. The van der Waals surface area contributed by atoms with Gasteiger partial charge in [-0.3, -0.25) is 0 Å². The Morgan fingerprint density at radius 3 is 1.68 bits per heavy atom. The van der Waals surface area contributed by atoms with Crippen LogP contribution >= 0.6 is 0 Å². The Labute approximate surface area is 165 Å². The van der Waals surface area contributed by atoms with Gasteiger partial charge in [0.25, 0.3) is 6.48 Å². The summed E-state index contributed by atoms with van der Waals surface area (Å²) in [6, 6.07) is 1.00. The Kier molecular flexibility index (Phi) is 12.5. The van der Waals surface area contributed by atoms with Crippen molar-refractivity contribution >= 4 is 9.76 Å². The van der Waals surface area contributed by atoms with Gasteiger partial charge in [-0.2, -0.15) is 0 Å². The molecule has 0 saturated carbocycles. The number of ether oxygens (including phenoxy) is 2. The van der Waals surface area contributed by atoms with E-state index in [1.165, 1.54) is 0 Å². The molecule has 28 heavy (non-hydrogen) atoms. The highest BCUT2D eigenvalue weighted by atomic mass is 28.2. The number of halogens is 5. The lowest BCUT2D eigenvalue weighted by Crippen LogP contribution is -2.22. The van der Waals surface area contributed by atoms with Crippen LogP contribution in [0.3, 0.4) is 0 Å². The molecule has 0 N–H and O–H groups in total. The third kappa shape index (κ3) is 8.14. The summed E-state index contributed by atoms with van der Waals surface area (Å²) in [4.78, 5) is 0. The summed E-state index contributed by atoms with van der Waals surface area (Å²) in [5.41, 5.74) is -0.724. The molecule has 0 radical (unpaired) electrons. The molecule has 0 unspecified atom stereocenters. The Hall–Kier alpha value is -1.03. The van der Waals surface area contributed by atoms with E-state index in [9.17, 15) is 22.0 Å². The maximum absolute atomic E-state index is 13.6. The average Bonchev–Trinajstić information content (AvgIpc) is 2.68. The van der Waals surface area contributed by atoms with E-state index in [1.54, 1.807) is 0 Å². The first-order chi connectivity index (χ1) is 13.4. The van der Waals surface area contributed by atoms with E-state index >= 15 is 0 Å². The number of hydrogen-bond donors (Lipinski definition) is 0. The zero-order valence-corrected chi connectivity index (χ0v) is 17.9. The molecule has 0 aliphatic heterocycles. The van der Waals surface area contributed by atoms with E-state index in [-0.39, 0.29) is 6.42 Å². The lowest BCUT2D eigenvalue weighted by molar-refractivity contribution is -0.243. The molecule has 0 spiro atoms. The topological polar surface area (TPSA) is 27.7 Å². The van der Waals surface area contributed by atoms with E-state index in [0.29, 0.717) is 26.1 Å². The third-order valence-electron chi connectivity index (χ3n) is 4.23. The normalized spacial score (nSPS) is 12.0. The highest BCUT2D eigenvalue weighted by Crippen LogP contribution is 2.24. The Bertz CT molecular complexity index is 554. The zero-order valence-electron chi connectivity index (χ0n) is 16.5. The van der Waals surface area contributed by atoms with Gasteiger partial charge in [0, 0.05) is 18.8 Å². The van der Waals surface area contributed by atoms with Gasteiger partial charge in [0.05, 0.1) is 0 Å². The predicted molar refractivity (Wildman–Crippen MR) is 99.1 cm³/mol. The standard InChI is InChI=1S/C19H29F5O3Si/c1-3-25-19(26-4-2)27-28-12-10-8-6-5-7-9-11-13-14(20)16(22)18(24)17(23)15(13)21/h19H,3-12,28H2,1-2H3. The Morgan fingerprint density at radius 1 is 0.679 bits per heavy atom. The van der Waals surface area contributed by atoms with Crippen molar-refractivity contribution < 1.29 is 35.9 Å². The third-order valence-corrected chi connectivity index (χ3v) is 5.53. The first kappa shape index (κ1) is 25.0. The lowest BCUT2D eigenvalue weighted by atomic mass is 10.0. The van der Waals surface area contributed by atoms with Crippen molar-refractivity contribution in [2.45, 2.75) is 71.3 Å². The molecule has 0 heterocycles. The second-order valence-electron chi connectivity index (χ2n) is 6.34. The number of rotatable bonds is 15. The van der Waals surface area contributed by atoms with Gasteiger partial charge < -0.3 is 13.9 Å². The minimum atomic E-state index is -2.11. The van der Waals surface area contributed by atoms with Crippen LogP contribution in [-0.2, 0) is 20.3 Å². The fraction of sp³-hybridized carbons (Fsp3) is 0.684. The van der Waals surface area contributed by atoms with Crippen molar-refractivity contribution in [2.75, 3.05) is 13.2 Å². The molecule has 1 rings (SSSR count). The van der Waals surface area contributed by atoms with E-state index in [0.717, 1.165) is 31.7 Å². The highest BCUT2D eigenvalue weighted by Gasteiger charge is 2.24. The first-order valence-corrected chi connectivity index (χ1v) is 11.4. The zero-order chi connectivity index (χ0) is 20.9. The molecule has 1 aromatic carbocycles. The van der Waals surface area contributed by atoms with Crippen LogP contribution in [0.25, 0.3) is 0 Å². The van der Waals surface area contributed by atoms with Crippen LogP contribution < -0.4 is 0 Å². The molecular weight excluding hydrogens is 399 g/mol. The highest BCUT2D eigenvalue weighted by molar-refractivity contribution is 6.27. The Balaban J connectivity index is 2.15. The number of benzene rings is 1. The molecule has 3 nitrogen and oxygen atoms in total. The molecule has 0 amide bonds. The van der Waals surface area contributed by atoms with Crippen LogP contribution in [0, 0.1) is 29.1 Å². The maximum atomic E-state index is 13.6. The minimum Gasteiger partial charge on any atom is -0.379 e. The first-order valence-electron chi connectivity index (χ1n) is 9.79. The van der Waals surface area contributed by atoms with Crippen LogP contribution in [-0.4, -0.2) is 29.5 Å². The molecule has 9 heteroatoms. The summed E-state index contributed by atoms with van der Waals surface area (Å²) >= 11 is 0. The summed E-state index contributed by atoms with van der Waals surface area (Å²) in [6.07, 6.45) is 4.71. The summed E-state index contributed by atoms with van der Waals surface area (Å²) in [5, 5.41) is 0. The fourth-order valence-electron chi connectivity index (χ4n) is 2.75. The maximum Gasteiger partial charge on any atom is 0.261 e. The second-order valence-corrected chi connectivity index (χ2v) is 7.79. The molecule has 0 fully saturated rings. The summed E-state index contributed by atoms with van der Waals surface area (Å²) < 4.78 is 82.6. The van der Waals surface area contributed by atoms with Gasteiger partial charge in [0.15, 0.2) is 33.0 Å². The summed E-state index contributed by atoms with van der Waals surface area (Å²) in [7, 11) is -0.711. The molecule has 162 valence electrons. The minimum absolute atomic E-state index is 0.164. The van der Waals surface area contributed by atoms with Crippen LogP contribution in [0.15, 0.2) is 0 Å². The fourth-order valence-corrected chi connectivity index (χ4v) is 3.86. The van der Waals surface area contributed by atoms with Gasteiger partial charge in [-0.15, -0.1) is 0 Å². The van der Waals surface area contributed by atoms with E-state index in [4.69, 9.17) is 13.9 Å². The van der Waals surface area contributed by atoms with Gasteiger partial charge in [-0.25, -0.2) is 22.0 Å². The van der Waals surface area contributed by atoms with Crippen LogP contribution in [0.4, 0.5) is 22.0 Å². The molecule has 0 saturated heterocycles. The van der Waals surface area contributed by atoms with Gasteiger partial charge in [-0.05, 0) is 32.7 Å². The van der Waals surface area contributed by atoms with Crippen LogP contribution in [0.2, 0.25) is 6.04 Å². The smallest absolute Gasteiger partial charge is 0.261 e. The number of unbranched alkanes of at least 4 members (excludes halogenated alkanes) is 5. The van der Waals surface area contributed by atoms with Gasteiger partial charge in [0.1, 0.15) is 0 Å². The van der Waals surface area contributed by atoms with Crippen molar-refractivity contribution in [3.05, 3.63) is 34.6 Å². The van der Waals surface area contributed by atoms with Crippen molar-refractivity contribution in [3.8, 4) is 0 Å². The summed E-state index contributed by atoms with van der Waals surface area (Å²) in [5.74, 6) is -9.31. The van der Waals surface area contributed by atoms with Crippen molar-refractivity contribution in [3.63, 3.8) is 0 Å². The summed E-state index contributed by atoms with van der Waals surface area (Å²) in [6.45, 7) is 4.25. The van der Waals surface area contributed by atoms with Crippen LogP contribution in [0.1, 0.15) is 57.9 Å². The predicted octanol–water partition coefficient (Wildman–Crippen LogP) is 5.14. The molecule has 0 atom stereocenters. The molecule has 0 aromatic heterocycles. The van der Waals surface area contributed by atoms with Crippen molar-refractivity contribution in [1.29, 1.82) is 0 Å². The van der Waals surface area contributed by atoms with Gasteiger partial charge in [-0.1, -0.05) is 32.1 Å².